The van der Waals surface area contributed by atoms with Crippen molar-refractivity contribution in [2.45, 2.75) is 26.0 Å². The number of likely N-dealkylation sites (tertiary alicyclic amines) is 1. The molecule has 9 nitrogen and oxygen atoms in total. The second kappa shape index (κ2) is 6.53. The van der Waals surface area contributed by atoms with Crippen LogP contribution in [0, 0.1) is 10.1 Å². The molecule has 0 N–H and O–H groups in total. The van der Waals surface area contributed by atoms with Gasteiger partial charge in [0.15, 0.2) is 12.3 Å². The van der Waals surface area contributed by atoms with Gasteiger partial charge in [0.25, 0.3) is 0 Å². The van der Waals surface area contributed by atoms with Gasteiger partial charge in [-0.15, -0.1) is 0 Å². The van der Waals surface area contributed by atoms with E-state index in [0.717, 1.165) is 30.4 Å². The molecule has 1 amide bonds. The molecule has 0 unspecified atom stereocenters. The van der Waals surface area contributed by atoms with Crippen molar-refractivity contribution in [1.82, 2.24) is 14.5 Å². The average Bonchev–Trinajstić information content (AvgIpc) is 3.01. The van der Waals surface area contributed by atoms with Crippen LogP contribution in [-0.4, -0.2) is 64.2 Å². The first-order chi connectivity index (χ1) is 10.7. The summed E-state index contributed by atoms with van der Waals surface area (Å²) in [5, 5.41) is 11.2. The minimum atomic E-state index is -0.509. The lowest BCUT2D eigenvalue weighted by Crippen LogP contribution is -2.40. The molecule has 0 radical (unpaired) electrons. The summed E-state index contributed by atoms with van der Waals surface area (Å²) in [6.45, 7) is 2.64. The quantitative estimate of drug-likeness (QED) is 0.462. The Balaban J connectivity index is 2.26. The average molecular weight is 326 g/mol. The van der Waals surface area contributed by atoms with Crippen LogP contribution in [0.5, 0.6) is 0 Å². The summed E-state index contributed by atoms with van der Waals surface area (Å²) in [4.78, 5) is 27.8. The first-order valence-corrected chi connectivity index (χ1v) is 7.60. The van der Waals surface area contributed by atoms with E-state index in [-0.39, 0.29) is 12.6 Å². The summed E-state index contributed by atoms with van der Waals surface area (Å²) in [6, 6.07) is 0. The van der Waals surface area contributed by atoms with E-state index in [1.54, 1.807) is 21.1 Å². The van der Waals surface area contributed by atoms with Gasteiger partial charge in [0, 0.05) is 26.9 Å². The molecule has 1 aromatic rings. The molecule has 1 fully saturated rings. The third kappa shape index (κ3) is 3.79. The lowest BCUT2D eigenvalue weighted by molar-refractivity contribution is -0.911. The first kappa shape index (κ1) is 17.2. The molecule has 0 aromatic carbocycles. The maximum atomic E-state index is 11.6. The lowest BCUT2D eigenvalue weighted by atomic mass is 10.3. The van der Waals surface area contributed by atoms with Crippen molar-refractivity contribution in [1.29, 1.82) is 0 Å². The number of hydrogen-bond donors (Lipinski definition) is 0. The van der Waals surface area contributed by atoms with Gasteiger partial charge in [0.1, 0.15) is 6.54 Å². The topological polar surface area (TPSA) is 90.5 Å². The van der Waals surface area contributed by atoms with Crippen LogP contribution in [0.15, 0.2) is 0 Å². The van der Waals surface area contributed by atoms with Gasteiger partial charge in [0.05, 0.1) is 27.2 Å². The van der Waals surface area contributed by atoms with Crippen molar-refractivity contribution in [3.63, 3.8) is 0 Å². The van der Waals surface area contributed by atoms with Crippen molar-refractivity contribution < 1.29 is 18.9 Å². The van der Waals surface area contributed by atoms with Crippen molar-refractivity contribution in [3.05, 3.63) is 21.5 Å². The van der Waals surface area contributed by atoms with Crippen molar-refractivity contribution in [2.75, 3.05) is 34.2 Å². The summed E-state index contributed by atoms with van der Waals surface area (Å²) >= 11 is 0. The van der Waals surface area contributed by atoms with Crippen LogP contribution < -0.4 is 0 Å². The molecule has 128 valence electrons. The van der Waals surface area contributed by atoms with Crippen molar-refractivity contribution in [2.24, 2.45) is 7.05 Å². The molecule has 1 aromatic heterocycles. The van der Waals surface area contributed by atoms with Crippen LogP contribution in [0.4, 0.5) is 10.7 Å². The van der Waals surface area contributed by atoms with E-state index in [1.807, 2.05) is 0 Å². The first-order valence-electron chi connectivity index (χ1n) is 7.60. The van der Waals surface area contributed by atoms with Crippen LogP contribution in [0.1, 0.15) is 24.2 Å². The highest BCUT2D eigenvalue weighted by atomic mass is 16.6. The number of aromatic nitrogens is 2. The molecular formula is C14H24N5O4+. The Labute approximate surface area is 135 Å². The minimum Gasteiger partial charge on any atom is -0.441 e. The Kier molecular flexibility index (Phi) is 4.88. The number of carbonyl (C=O) groups excluding carboxylic acids is 1. The normalized spacial score (nSPS) is 16.3. The van der Waals surface area contributed by atoms with E-state index >= 15 is 0 Å². The smallest absolute Gasteiger partial charge is 0.435 e. The fourth-order valence-electron chi connectivity index (χ4n) is 2.92. The molecule has 0 atom stereocenters. The monoisotopic (exact) mass is 326 g/mol. The number of carbonyl (C=O) groups is 1. The second-order valence-electron chi connectivity index (χ2n) is 6.50. The predicted molar refractivity (Wildman–Crippen MR) is 82.6 cm³/mol. The highest BCUT2D eigenvalue weighted by molar-refractivity contribution is 5.66. The number of nitro groups is 1. The Morgan fingerprint density at radius 1 is 1.43 bits per heavy atom. The van der Waals surface area contributed by atoms with Crippen molar-refractivity contribution in [3.8, 4) is 0 Å². The van der Waals surface area contributed by atoms with Gasteiger partial charge in [-0.05, 0) is 4.92 Å². The van der Waals surface area contributed by atoms with Crippen LogP contribution in [-0.2, 0) is 24.9 Å². The fourth-order valence-corrected chi connectivity index (χ4v) is 2.92. The molecule has 0 spiro atoms. The number of ether oxygens (including phenoxy) is 1. The molecule has 0 saturated carbocycles. The van der Waals surface area contributed by atoms with E-state index in [2.05, 4.69) is 12.0 Å². The van der Waals surface area contributed by atoms with Crippen LogP contribution in [0.2, 0.25) is 0 Å². The summed E-state index contributed by atoms with van der Waals surface area (Å²) in [6.07, 6.45) is 1.81. The molecule has 2 rings (SSSR count). The van der Waals surface area contributed by atoms with E-state index in [0.29, 0.717) is 17.9 Å². The number of hydrogen-bond acceptors (Lipinski definition) is 5. The molecule has 1 aliphatic rings. The minimum absolute atomic E-state index is 0.0241. The second-order valence-corrected chi connectivity index (χ2v) is 6.50. The Bertz CT molecular complexity index is 605. The zero-order valence-corrected chi connectivity index (χ0v) is 14.1. The number of quaternary nitrogens is 1. The van der Waals surface area contributed by atoms with Gasteiger partial charge in [-0.1, -0.05) is 4.98 Å². The lowest BCUT2D eigenvalue weighted by Gasteiger charge is -2.27. The fraction of sp³-hybridized carbons (Fsp3) is 0.714. The van der Waals surface area contributed by atoms with Crippen molar-refractivity contribution >= 4 is 12.0 Å². The van der Waals surface area contributed by atoms with Gasteiger partial charge < -0.3 is 24.2 Å². The zero-order valence-electron chi connectivity index (χ0n) is 14.1. The Morgan fingerprint density at radius 3 is 2.57 bits per heavy atom. The maximum Gasteiger partial charge on any atom is 0.435 e. The summed E-state index contributed by atoms with van der Waals surface area (Å²) in [5.41, 5.74) is 1.22. The van der Waals surface area contributed by atoms with Crippen LogP contribution >= 0.6 is 0 Å². The SMILES string of the molecule is CN(C)C(=O)OCc1c(C[N+]2(C)CCCC2)nc([N+](=O)[O-])n1C. The van der Waals surface area contributed by atoms with Gasteiger partial charge in [-0.3, -0.25) is 0 Å². The molecule has 1 saturated heterocycles. The highest BCUT2D eigenvalue weighted by Gasteiger charge is 2.34. The Morgan fingerprint density at radius 2 is 2.04 bits per heavy atom. The van der Waals surface area contributed by atoms with Gasteiger partial charge >= 0.3 is 12.0 Å². The Hall–Kier alpha value is -2.16. The summed E-state index contributed by atoms with van der Waals surface area (Å²) in [7, 11) is 6.89. The molecular weight excluding hydrogens is 302 g/mol. The highest BCUT2D eigenvalue weighted by Crippen LogP contribution is 2.25. The van der Waals surface area contributed by atoms with Crippen LogP contribution in [0.3, 0.4) is 0 Å². The van der Waals surface area contributed by atoms with Crippen LogP contribution in [0.25, 0.3) is 0 Å². The number of imidazole rings is 1. The third-order valence-corrected chi connectivity index (χ3v) is 4.31. The maximum absolute atomic E-state index is 11.6. The van der Waals surface area contributed by atoms with E-state index in [4.69, 9.17) is 4.74 Å². The standard InChI is InChI=1S/C14H24N5O4/c1-16(2)14(20)23-10-12-11(9-19(4)7-5-6-8-19)15-13(17(12)3)18(21)22/h5-10H2,1-4H3/q+1. The summed E-state index contributed by atoms with van der Waals surface area (Å²) < 4.78 is 7.41. The third-order valence-electron chi connectivity index (χ3n) is 4.31. The molecule has 1 aliphatic heterocycles. The molecule has 23 heavy (non-hydrogen) atoms. The van der Waals surface area contributed by atoms with E-state index in [9.17, 15) is 14.9 Å². The number of rotatable bonds is 5. The largest absolute Gasteiger partial charge is 0.441 e. The van der Waals surface area contributed by atoms with Gasteiger partial charge in [-0.25, -0.2) is 9.36 Å². The van der Waals surface area contributed by atoms with E-state index in [1.165, 1.54) is 9.47 Å². The summed E-state index contributed by atoms with van der Waals surface area (Å²) in [5.74, 6) is -0.221. The molecule has 0 aliphatic carbocycles. The van der Waals surface area contributed by atoms with Gasteiger partial charge in [-0.2, -0.15) is 0 Å². The molecule has 9 heteroatoms. The molecule has 2 heterocycles. The van der Waals surface area contributed by atoms with Gasteiger partial charge in [0.2, 0.25) is 5.69 Å². The predicted octanol–water partition coefficient (Wildman–Crippen LogP) is 1.27. The number of amides is 1. The van der Waals surface area contributed by atoms with E-state index < -0.39 is 11.0 Å². The molecule has 0 bridgehead atoms. The zero-order chi connectivity index (χ0) is 17.2. The number of nitrogens with zero attached hydrogens (tertiary/aromatic N) is 5.